The maximum atomic E-state index is 12.1. The molecular weight excluding hydrogens is 265 g/mol. The van der Waals surface area contributed by atoms with Gasteiger partial charge in [-0.15, -0.1) is 0 Å². The number of alkyl halides is 3. The highest BCUT2D eigenvalue weighted by atomic mass is 19.4. The maximum Gasteiger partial charge on any atom is 0.401 e. The molecule has 0 saturated carbocycles. The highest BCUT2D eigenvalue weighted by Crippen LogP contribution is 2.19. The summed E-state index contributed by atoms with van der Waals surface area (Å²) in [6.45, 7) is 2.36. The average Bonchev–Trinajstić information content (AvgIpc) is 2.39. The summed E-state index contributed by atoms with van der Waals surface area (Å²) < 4.78 is 36.3. The van der Waals surface area contributed by atoms with Gasteiger partial charge in [-0.3, -0.25) is 4.90 Å². The number of likely N-dealkylation sites (tertiary alicyclic amines) is 1. The number of nitrogens with zero attached hydrogens (tertiary/aromatic N) is 1. The summed E-state index contributed by atoms with van der Waals surface area (Å²) in [7, 11) is 0. The lowest BCUT2D eigenvalue weighted by Crippen LogP contribution is -2.41. The SMILES string of the molecule is FC(F)(F)CNCC1CCCN(Cc2ccccc2)C1. The molecule has 0 aromatic heterocycles. The van der Waals surface area contributed by atoms with Crippen LogP contribution in [0.15, 0.2) is 30.3 Å². The van der Waals surface area contributed by atoms with Crippen LogP contribution in [0.25, 0.3) is 0 Å². The first-order valence-electron chi connectivity index (χ1n) is 7.07. The molecule has 1 aliphatic rings. The third-order valence-electron chi connectivity index (χ3n) is 3.61. The number of nitrogens with one attached hydrogen (secondary N) is 1. The van der Waals surface area contributed by atoms with Crippen LogP contribution in [0.1, 0.15) is 18.4 Å². The predicted molar refractivity (Wildman–Crippen MR) is 73.4 cm³/mol. The lowest BCUT2D eigenvalue weighted by atomic mass is 9.97. The summed E-state index contributed by atoms with van der Waals surface area (Å²) in [4.78, 5) is 2.33. The molecule has 2 rings (SSSR count). The van der Waals surface area contributed by atoms with E-state index >= 15 is 0 Å². The molecule has 0 spiro atoms. The quantitative estimate of drug-likeness (QED) is 0.895. The molecule has 1 heterocycles. The molecule has 1 N–H and O–H groups in total. The molecule has 2 nitrogen and oxygen atoms in total. The Hall–Kier alpha value is -1.07. The van der Waals surface area contributed by atoms with Crippen LogP contribution in [0.3, 0.4) is 0 Å². The first-order valence-corrected chi connectivity index (χ1v) is 7.07. The summed E-state index contributed by atoms with van der Waals surface area (Å²) in [6.07, 6.45) is -2.04. The normalized spacial score (nSPS) is 21.1. The van der Waals surface area contributed by atoms with Gasteiger partial charge in [-0.2, -0.15) is 13.2 Å². The van der Waals surface area contributed by atoms with Gasteiger partial charge < -0.3 is 5.32 Å². The van der Waals surface area contributed by atoms with E-state index in [4.69, 9.17) is 0 Å². The van der Waals surface area contributed by atoms with Crippen molar-refractivity contribution in [2.75, 3.05) is 26.2 Å². The van der Waals surface area contributed by atoms with Crippen molar-refractivity contribution in [1.29, 1.82) is 0 Å². The van der Waals surface area contributed by atoms with Crippen LogP contribution in [0.2, 0.25) is 0 Å². The molecule has 0 bridgehead atoms. The van der Waals surface area contributed by atoms with Crippen LogP contribution in [0.4, 0.5) is 13.2 Å². The summed E-state index contributed by atoms with van der Waals surface area (Å²) in [6, 6.07) is 10.2. The first-order chi connectivity index (χ1) is 9.53. The van der Waals surface area contributed by atoms with E-state index in [1.807, 2.05) is 18.2 Å². The molecule has 0 aliphatic carbocycles. The number of piperidine rings is 1. The molecule has 1 saturated heterocycles. The lowest BCUT2D eigenvalue weighted by molar-refractivity contribution is -0.125. The number of benzene rings is 1. The van der Waals surface area contributed by atoms with E-state index in [0.717, 1.165) is 32.5 Å². The van der Waals surface area contributed by atoms with Crippen molar-refractivity contribution in [3.8, 4) is 0 Å². The van der Waals surface area contributed by atoms with Crippen LogP contribution in [-0.2, 0) is 6.54 Å². The van der Waals surface area contributed by atoms with Gasteiger partial charge in [0.15, 0.2) is 0 Å². The van der Waals surface area contributed by atoms with Crippen molar-refractivity contribution in [1.82, 2.24) is 10.2 Å². The second-order valence-corrected chi connectivity index (χ2v) is 5.48. The zero-order chi connectivity index (χ0) is 14.4. The van der Waals surface area contributed by atoms with Crippen molar-refractivity contribution < 1.29 is 13.2 Å². The largest absolute Gasteiger partial charge is 0.401 e. The fourth-order valence-electron chi connectivity index (χ4n) is 2.72. The Balaban J connectivity index is 1.74. The van der Waals surface area contributed by atoms with Gasteiger partial charge in [0.25, 0.3) is 0 Å². The molecule has 1 aliphatic heterocycles. The molecule has 1 aromatic carbocycles. The standard InChI is InChI=1S/C15H21F3N2/c16-15(17,18)12-19-9-14-7-4-8-20(11-14)10-13-5-2-1-3-6-13/h1-3,5-6,14,19H,4,7-12H2. The molecular formula is C15H21F3N2. The van der Waals surface area contributed by atoms with E-state index in [9.17, 15) is 13.2 Å². The first kappa shape index (κ1) is 15.3. The van der Waals surface area contributed by atoms with Crippen LogP contribution < -0.4 is 5.32 Å². The summed E-state index contributed by atoms with van der Waals surface area (Å²) in [5.74, 6) is 0.315. The third-order valence-corrected chi connectivity index (χ3v) is 3.61. The Kier molecular flexibility index (Phi) is 5.43. The topological polar surface area (TPSA) is 15.3 Å². The Morgan fingerprint density at radius 3 is 2.65 bits per heavy atom. The highest BCUT2D eigenvalue weighted by molar-refractivity contribution is 5.14. The predicted octanol–water partition coefficient (Wildman–Crippen LogP) is 3.05. The summed E-state index contributed by atoms with van der Waals surface area (Å²) in [5, 5.41) is 2.53. The summed E-state index contributed by atoms with van der Waals surface area (Å²) in [5.41, 5.74) is 1.26. The Labute approximate surface area is 118 Å². The van der Waals surface area contributed by atoms with E-state index < -0.39 is 12.7 Å². The zero-order valence-electron chi connectivity index (χ0n) is 11.5. The van der Waals surface area contributed by atoms with Crippen molar-refractivity contribution in [3.63, 3.8) is 0 Å². The molecule has 0 amide bonds. The fraction of sp³-hybridized carbons (Fsp3) is 0.600. The summed E-state index contributed by atoms with van der Waals surface area (Å²) >= 11 is 0. The van der Waals surface area contributed by atoms with Gasteiger partial charge in [-0.25, -0.2) is 0 Å². The Morgan fingerprint density at radius 2 is 1.95 bits per heavy atom. The lowest BCUT2D eigenvalue weighted by Gasteiger charge is -2.33. The van der Waals surface area contributed by atoms with E-state index in [-0.39, 0.29) is 0 Å². The molecule has 1 atom stereocenters. The minimum absolute atomic E-state index is 0.315. The number of hydrogen-bond acceptors (Lipinski definition) is 2. The number of hydrogen-bond donors (Lipinski definition) is 1. The van der Waals surface area contributed by atoms with E-state index in [2.05, 4.69) is 22.3 Å². The molecule has 5 heteroatoms. The molecule has 20 heavy (non-hydrogen) atoms. The van der Waals surface area contributed by atoms with Gasteiger partial charge in [0.05, 0.1) is 6.54 Å². The molecule has 1 fully saturated rings. The fourth-order valence-corrected chi connectivity index (χ4v) is 2.72. The smallest absolute Gasteiger partial charge is 0.308 e. The number of rotatable bonds is 5. The van der Waals surface area contributed by atoms with Crippen LogP contribution >= 0.6 is 0 Å². The van der Waals surface area contributed by atoms with E-state index in [1.54, 1.807) is 0 Å². The second kappa shape index (κ2) is 7.09. The van der Waals surface area contributed by atoms with Gasteiger partial charge in [0.2, 0.25) is 0 Å². The van der Waals surface area contributed by atoms with Gasteiger partial charge in [-0.05, 0) is 37.4 Å². The number of halogens is 3. The Morgan fingerprint density at radius 1 is 1.20 bits per heavy atom. The minimum atomic E-state index is -4.11. The van der Waals surface area contributed by atoms with Gasteiger partial charge in [0.1, 0.15) is 0 Å². The molecule has 0 radical (unpaired) electrons. The monoisotopic (exact) mass is 286 g/mol. The molecule has 1 aromatic rings. The van der Waals surface area contributed by atoms with Gasteiger partial charge in [0, 0.05) is 13.1 Å². The van der Waals surface area contributed by atoms with Gasteiger partial charge >= 0.3 is 6.18 Å². The van der Waals surface area contributed by atoms with Crippen LogP contribution in [0.5, 0.6) is 0 Å². The van der Waals surface area contributed by atoms with E-state index in [0.29, 0.717) is 12.5 Å². The molecule has 112 valence electrons. The van der Waals surface area contributed by atoms with Crippen molar-refractivity contribution in [3.05, 3.63) is 35.9 Å². The van der Waals surface area contributed by atoms with Crippen LogP contribution in [-0.4, -0.2) is 37.3 Å². The minimum Gasteiger partial charge on any atom is -0.308 e. The van der Waals surface area contributed by atoms with Gasteiger partial charge in [-0.1, -0.05) is 30.3 Å². The molecule has 1 unspecified atom stereocenters. The maximum absolute atomic E-state index is 12.1. The Bertz CT molecular complexity index is 392. The zero-order valence-corrected chi connectivity index (χ0v) is 11.5. The average molecular weight is 286 g/mol. The van der Waals surface area contributed by atoms with Crippen molar-refractivity contribution in [2.24, 2.45) is 5.92 Å². The third kappa shape index (κ3) is 5.51. The highest BCUT2D eigenvalue weighted by Gasteiger charge is 2.27. The van der Waals surface area contributed by atoms with Crippen LogP contribution in [0, 0.1) is 5.92 Å². The van der Waals surface area contributed by atoms with E-state index in [1.165, 1.54) is 5.56 Å². The second-order valence-electron chi connectivity index (χ2n) is 5.48. The van der Waals surface area contributed by atoms with Crippen molar-refractivity contribution in [2.45, 2.75) is 25.6 Å². The van der Waals surface area contributed by atoms with Crippen molar-refractivity contribution >= 4 is 0 Å².